The van der Waals surface area contributed by atoms with Gasteiger partial charge in [0.25, 0.3) is 0 Å². The average molecular weight is 287 g/mol. The van der Waals surface area contributed by atoms with Gasteiger partial charge in [0.1, 0.15) is 0 Å². The van der Waals surface area contributed by atoms with Crippen LogP contribution in [-0.4, -0.2) is 27.1 Å². The molecule has 1 aliphatic heterocycles. The van der Waals surface area contributed by atoms with Crippen LogP contribution in [0.15, 0.2) is 12.2 Å². The smallest absolute Gasteiger partial charge is 0.226 e. The summed E-state index contributed by atoms with van der Waals surface area (Å²) in [5.74, 6) is 0.539. The zero-order chi connectivity index (χ0) is 15.0. The third-order valence-corrected chi connectivity index (χ3v) is 5.05. The molecule has 1 aromatic rings. The molecule has 1 aromatic heterocycles. The lowest BCUT2D eigenvalue weighted by molar-refractivity contribution is -0.136. The van der Waals surface area contributed by atoms with E-state index in [4.69, 9.17) is 0 Å². The fraction of sp³-hybridized carbons (Fsp3) is 0.647. The second-order valence-electron chi connectivity index (χ2n) is 6.38. The molecular weight excluding hydrogens is 262 g/mol. The first-order valence-electron chi connectivity index (χ1n) is 8.05. The van der Waals surface area contributed by atoms with Gasteiger partial charge in [-0.15, -0.1) is 0 Å². The molecule has 0 aromatic carbocycles. The van der Waals surface area contributed by atoms with Crippen molar-refractivity contribution in [1.29, 1.82) is 0 Å². The molecule has 4 heteroatoms. The Morgan fingerprint density at radius 3 is 2.71 bits per heavy atom. The van der Waals surface area contributed by atoms with Gasteiger partial charge >= 0.3 is 0 Å². The van der Waals surface area contributed by atoms with Crippen molar-refractivity contribution in [2.45, 2.75) is 52.0 Å². The van der Waals surface area contributed by atoms with E-state index in [9.17, 15) is 4.79 Å². The molecule has 0 spiro atoms. The lowest BCUT2D eigenvalue weighted by Crippen LogP contribution is -2.36. The van der Waals surface area contributed by atoms with Crippen molar-refractivity contribution in [3.05, 3.63) is 29.1 Å². The van der Waals surface area contributed by atoms with Crippen molar-refractivity contribution >= 4 is 5.91 Å². The van der Waals surface area contributed by atoms with Crippen molar-refractivity contribution in [2.24, 2.45) is 13.0 Å². The molecule has 2 heterocycles. The van der Waals surface area contributed by atoms with Gasteiger partial charge < -0.3 is 4.90 Å². The highest BCUT2D eigenvalue weighted by molar-refractivity contribution is 5.80. The van der Waals surface area contributed by atoms with E-state index in [1.807, 2.05) is 11.7 Å². The molecule has 114 valence electrons. The minimum absolute atomic E-state index is 0.188. The van der Waals surface area contributed by atoms with Crippen LogP contribution in [0.5, 0.6) is 0 Å². The maximum absolute atomic E-state index is 12.9. The van der Waals surface area contributed by atoms with Gasteiger partial charge in [0.15, 0.2) is 0 Å². The van der Waals surface area contributed by atoms with E-state index in [-0.39, 0.29) is 12.0 Å². The molecule has 0 saturated carbocycles. The van der Waals surface area contributed by atoms with E-state index < -0.39 is 0 Å². The predicted molar refractivity (Wildman–Crippen MR) is 82.9 cm³/mol. The fourth-order valence-electron chi connectivity index (χ4n) is 3.86. The van der Waals surface area contributed by atoms with Crippen LogP contribution in [0.3, 0.4) is 0 Å². The Morgan fingerprint density at radius 2 is 2.10 bits per heavy atom. The van der Waals surface area contributed by atoms with E-state index in [0.29, 0.717) is 5.91 Å². The first-order chi connectivity index (χ1) is 10.1. The summed E-state index contributed by atoms with van der Waals surface area (Å²) in [5.41, 5.74) is 3.54. The minimum atomic E-state index is 0.188. The standard InChI is InChI=1S/C17H25N3O/c1-12-16(13(2)19(3)18-12)15-10-7-11-20(15)17(21)14-8-5-4-6-9-14/h4-5,14-15H,6-11H2,1-3H3/t14-,15+/m0/s1. The molecule has 1 saturated heterocycles. The number of nitrogens with zero attached hydrogens (tertiary/aromatic N) is 3. The van der Waals surface area contributed by atoms with Gasteiger partial charge in [0.2, 0.25) is 5.91 Å². The summed E-state index contributed by atoms with van der Waals surface area (Å²) in [7, 11) is 1.98. The summed E-state index contributed by atoms with van der Waals surface area (Å²) < 4.78 is 1.94. The Bertz CT molecular complexity index is 573. The Kier molecular flexibility index (Phi) is 3.87. The van der Waals surface area contributed by atoms with E-state index in [1.54, 1.807) is 0 Å². The van der Waals surface area contributed by atoms with Crippen LogP contribution < -0.4 is 0 Å². The highest BCUT2D eigenvalue weighted by atomic mass is 16.2. The predicted octanol–water partition coefficient (Wildman–Crippen LogP) is 3.06. The summed E-state index contributed by atoms with van der Waals surface area (Å²) in [5, 5.41) is 4.53. The van der Waals surface area contributed by atoms with Crippen molar-refractivity contribution < 1.29 is 4.79 Å². The number of hydrogen-bond donors (Lipinski definition) is 0. The lowest BCUT2D eigenvalue weighted by atomic mass is 9.92. The summed E-state index contributed by atoms with van der Waals surface area (Å²) in [6.45, 7) is 5.07. The molecule has 0 radical (unpaired) electrons. The zero-order valence-electron chi connectivity index (χ0n) is 13.3. The molecule has 2 atom stereocenters. The number of carbonyl (C=O) groups excluding carboxylic acids is 1. The van der Waals surface area contributed by atoms with Crippen molar-refractivity contribution in [3.63, 3.8) is 0 Å². The molecule has 1 amide bonds. The Hall–Kier alpha value is -1.58. The van der Waals surface area contributed by atoms with Crippen molar-refractivity contribution in [2.75, 3.05) is 6.54 Å². The Balaban J connectivity index is 1.85. The van der Waals surface area contributed by atoms with Crippen molar-refractivity contribution in [1.82, 2.24) is 14.7 Å². The summed E-state index contributed by atoms with van der Waals surface area (Å²) in [4.78, 5) is 15.0. The van der Waals surface area contributed by atoms with Gasteiger partial charge in [0, 0.05) is 30.8 Å². The van der Waals surface area contributed by atoms with Crippen LogP contribution in [0.1, 0.15) is 55.1 Å². The Morgan fingerprint density at radius 1 is 1.29 bits per heavy atom. The van der Waals surface area contributed by atoms with E-state index in [1.165, 1.54) is 11.3 Å². The molecule has 0 unspecified atom stereocenters. The maximum atomic E-state index is 12.9. The van der Waals surface area contributed by atoms with Crippen LogP contribution in [0, 0.1) is 19.8 Å². The number of carbonyl (C=O) groups is 1. The maximum Gasteiger partial charge on any atom is 0.226 e. The molecule has 0 N–H and O–H groups in total. The van der Waals surface area contributed by atoms with Gasteiger partial charge in [-0.25, -0.2) is 0 Å². The molecule has 1 aliphatic carbocycles. The third kappa shape index (κ3) is 2.52. The van der Waals surface area contributed by atoms with Gasteiger partial charge in [0.05, 0.1) is 11.7 Å². The SMILES string of the molecule is Cc1nn(C)c(C)c1[C@H]1CCCN1C(=O)[C@H]1CC=CCC1. The quantitative estimate of drug-likeness (QED) is 0.784. The number of allylic oxidation sites excluding steroid dienone is 2. The number of aromatic nitrogens is 2. The molecule has 3 rings (SSSR count). The van der Waals surface area contributed by atoms with Gasteiger partial charge in [-0.3, -0.25) is 9.48 Å². The second kappa shape index (κ2) is 5.66. The molecule has 21 heavy (non-hydrogen) atoms. The van der Waals surface area contributed by atoms with Crippen molar-refractivity contribution in [3.8, 4) is 0 Å². The fourth-order valence-corrected chi connectivity index (χ4v) is 3.86. The summed E-state index contributed by atoms with van der Waals surface area (Å²) in [6.07, 6.45) is 9.49. The second-order valence-corrected chi connectivity index (χ2v) is 6.38. The van der Waals surface area contributed by atoms with E-state index in [2.05, 4.69) is 36.0 Å². The monoisotopic (exact) mass is 287 g/mol. The van der Waals surface area contributed by atoms with E-state index in [0.717, 1.165) is 44.3 Å². The highest BCUT2D eigenvalue weighted by Gasteiger charge is 2.36. The first-order valence-corrected chi connectivity index (χ1v) is 8.05. The van der Waals surface area contributed by atoms with Gasteiger partial charge in [-0.1, -0.05) is 12.2 Å². The Labute approximate surface area is 126 Å². The normalized spacial score (nSPS) is 25.6. The average Bonchev–Trinajstić information content (AvgIpc) is 3.05. The third-order valence-electron chi connectivity index (χ3n) is 5.05. The van der Waals surface area contributed by atoms with Crippen LogP contribution in [0.4, 0.5) is 0 Å². The molecular formula is C17H25N3O. The molecule has 4 nitrogen and oxygen atoms in total. The largest absolute Gasteiger partial charge is 0.335 e. The first kappa shape index (κ1) is 14.4. The van der Waals surface area contributed by atoms with Crippen LogP contribution in [0.25, 0.3) is 0 Å². The zero-order valence-corrected chi connectivity index (χ0v) is 13.3. The molecule has 0 bridgehead atoms. The number of hydrogen-bond acceptors (Lipinski definition) is 2. The number of amides is 1. The number of likely N-dealkylation sites (tertiary alicyclic amines) is 1. The van der Waals surface area contributed by atoms with Gasteiger partial charge in [-0.2, -0.15) is 5.10 Å². The van der Waals surface area contributed by atoms with Gasteiger partial charge in [-0.05, 0) is 46.0 Å². The van der Waals surface area contributed by atoms with Crippen LogP contribution in [0.2, 0.25) is 0 Å². The summed E-state index contributed by atoms with van der Waals surface area (Å²) >= 11 is 0. The summed E-state index contributed by atoms with van der Waals surface area (Å²) in [6, 6.07) is 0.233. The number of aryl methyl sites for hydroxylation is 2. The minimum Gasteiger partial charge on any atom is -0.335 e. The van der Waals surface area contributed by atoms with Crippen LogP contribution in [-0.2, 0) is 11.8 Å². The van der Waals surface area contributed by atoms with E-state index >= 15 is 0 Å². The highest BCUT2D eigenvalue weighted by Crippen LogP contribution is 2.37. The van der Waals surface area contributed by atoms with Crippen LogP contribution >= 0.6 is 0 Å². The lowest BCUT2D eigenvalue weighted by Gasteiger charge is -2.30. The number of rotatable bonds is 2. The molecule has 2 aliphatic rings. The topological polar surface area (TPSA) is 38.1 Å². The molecule has 1 fully saturated rings.